The smallest absolute Gasteiger partial charge is 0.380 e. The van der Waals surface area contributed by atoms with Crippen LogP contribution in [0.4, 0.5) is 35.2 Å². The first-order valence-corrected chi connectivity index (χ1v) is 9.97. The second-order valence-corrected chi connectivity index (χ2v) is 7.25. The zero-order valence-corrected chi connectivity index (χ0v) is 17.4. The molecule has 0 aliphatic heterocycles. The number of carbonyl (C=O) groups excluding carboxylic acids is 2. The van der Waals surface area contributed by atoms with Crippen LogP contribution >= 0.6 is 0 Å². The Morgan fingerprint density at radius 1 is 0.971 bits per heavy atom. The highest BCUT2D eigenvalue weighted by atomic mass is 19.4. The van der Waals surface area contributed by atoms with Crippen LogP contribution in [0.3, 0.4) is 0 Å². The van der Waals surface area contributed by atoms with Gasteiger partial charge in [0.25, 0.3) is 5.91 Å². The molecule has 0 saturated carbocycles. The molecular formula is C23H18F3N5O3. The minimum Gasteiger partial charge on any atom is -0.380 e. The largest absolute Gasteiger partial charge is 0.418 e. The SMILES string of the molecule is Nc1noc2cccc(C(=O)Nc3cccc(CNC(=O)Nc4ccccc4C(F)(F)F)c3)c12. The van der Waals surface area contributed by atoms with Crippen LogP contribution in [0, 0.1) is 0 Å². The zero-order valence-electron chi connectivity index (χ0n) is 17.4. The molecule has 0 spiro atoms. The topological polar surface area (TPSA) is 122 Å². The van der Waals surface area contributed by atoms with E-state index in [1.54, 1.807) is 42.5 Å². The molecule has 0 bridgehead atoms. The Balaban J connectivity index is 1.41. The van der Waals surface area contributed by atoms with Crippen LogP contribution in [0.15, 0.2) is 71.3 Å². The van der Waals surface area contributed by atoms with E-state index < -0.39 is 23.7 Å². The molecule has 8 nitrogen and oxygen atoms in total. The van der Waals surface area contributed by atoms with Gasteiger partial charge in [-0.05, 0) is 42.0 Å². The lowest BCUT2D eigenvalue weighted by Gasteiger charge is -2.14. The third-order valence-corrected chi connectivity index (χ3v) is 4.89. The van der Waals surface area contributed by atoms with Crippen LogP contribution < -0.4 is 21.7 Å². The number of anilines is 3. The van der Waals surface area contributed by atoms with Crippen LogP contribution in [0.1, 0.15) is 21.5 Å². The van der Waals surface area contributed by atoms with E-state index in [9.17, 15) is 22.8 Å². The molecule has 1 heterocycles. The number of nitrogens with zero attached hydrogens (tertiary/aromatic N) is 1. The minimum atomic E-state index is -4.60. The third-order valence-electron chi connectivity index (χ3n) is 4.89. The number of para-hydroxylation sites is 1. The highest BCUT2D eigenvalue weighted by molar-refractivity contribution is 6.14. The van der Waals surface area contributed by atoms with Gasteiger partial charge in [0.1, 0.15) is 0 Å². The van der Waals surface area contributed by atoms with Gasteiger partial charge in [-0.25, -0.2) is 4.79 Å². The summed E-state index contributed by atoms with van der Waals surface area (Å²) < 4.78 is 44.3. The number of urea groups is 1. The molecule has 34 heavy (non-hydrogen) atoms. The maximum atomic E-state index is 13.1. The normalized spacial score (nSPS) is 11.3. The maximum Gasteiger partial charge on any atom is 0.418 e. The average molecular weight is 469 g/mol. The number of fused-ring (bicyclic) bond motifs is 1. The van der Waals surface area contributed by atoms with Gasteiger partial charge in [0.2, 0.25) is 0 Å². The van der Waals surface area contributed by atoms with E-state index in [1.165, 1.54) is 18.2 Å². The summed E-state index contributed by atoms with van der Waals surface area (Å²) in [5, 5.41) is 11.5. The summed E-state index contributed by atoms with van der Waals surface area (Å²) in [6, 6.07) is 15.4. The lowest BCUT2D eigenvalue weighted by Crippen LogP contribution is -2.29. The second-order valence-electron chi connectivity index (χ2n) is 7.25. The van der Waals surface area contributed by atoms with Gasteiger partial charge in [-0.1, -0.05) is 35.5 Å². The molecule has 3 amide bonds. The molecule has 1 aromatic heterocycles. The summed E-state index contributed by atoms with van der Waals surface area (Å²) in [4.78, 5) is 24.9. The number of nitrogen functional groups attached to an aromatic ring is 1. The maximum absolute atomic E-state index is 13.1. The Bertz CT molecular complexity index is 1370. The molecule has 0 atom stereocenters. The fourth-order valence-corrected chi connectivity index (χ4v) is 3.35. The van der Waals surface area contributed by atoms with Crippen LogP contribution in [0.5, 0.6) is 0 Å². The van der Waals surface area contributed by atoms with Crippen LogP contribution in [0.2, 0.25) is 0 Å². The van der Waals surface area contributed by atoms with Crippen LogP contribution in [0.25, 0.3) is 11.0 Å². The number of hydrogen-bond donors (Lipinski definition) is 4. The van der Waals surface area contributed by atoms with Gasteiger partial charge in [-0.15, -0.1) is 0 Å². The van der Waals surface area contributed by atoms with E-state index in [0.717, 1.165) is 6.07 Å². The number of nitrogens with two attached hydrogens (primary N) is 1. The standard InChI is InChI=1S/C23H18F3N5O3/c24-23(25,26)16-8-1-2-9-17(16)30-22(33)28-12-13-5-3-6-14(11-13)29-21(32)15-7-4-10-18-19(15)20(27)31-34-18/h1-11H,12H2,(H2,27,31)(H,29,32)(H2,28,30,33). The summed E-state index contributed by atoms with van der Waals surface area (Å²) in [6.07, 6.45) is -4.60. The van der Waals surface area contributed by atoms with Crippen molar-refractivity contribution >= 4 is 40.1 Å². The number of rotatable bonds is 5. The predicted molar refractivity (Wildman–Crippen MR) is 120 cm³/mol. The highest BCUT2D eigenvalue weighted by Crippen LogP contribution is 2.34. The lowest BCUT2D eigenvalue weighted by atomic mass is 10.1. The fraction of sp³-hybridized carbons (Fsp3) is 0.0870. The number of alkyl halides is 3. The van der Waals surface area contributed by atoms with Crippen molar-refractivity contribution in [1.29, 1.82) is 0 Å². The van der Waals surface area contributed by atoms with E-state index in [1.807, 2.05) is 0 Å². The molecule has 4 rings (SSSR count). The van der Waals surface area contributed by atoms with Crippen molar-refractivity contribution in [2.45, 2.75) is 12.7 Å². The van der Waals surface area contributed by atoms with Gasteiger partial charge < -0.3 is 26.2 Å². The molecule has 4 aromatic rings. The van der Waals surface area contributed by atoms with Crippen molar-refractivity contribution in [3.05, 3.63) is 83.4 Å². The average Bonchev–Trinajstić information content (AvgIpc) is 3.18. The molecule has 5 N–H and O–H groups in total. The first-order chi connectivity index (χ1) is 16.2. The predicted octanol–water partition coefficient (Wildman–Crippen LogP) is 5.00. The number of benzene rings is 3. The Labute approximate surface area is 190 Å². The number of hydrogen-bond acceptors (Lipinski definition) is 5. The second kappa shape index (κ2) is 9.14. The van der Waals surface area contributed by atoms with E-state index >= 15 is 0 Å². The van der Waals surface area contributed by atoms with Crippen LogP contribution in [-0.4, -0.2) is 17.1 Å². The summed E-state index contributed by atoms with van der Waals surface area (Å²) in [5.41, 5.74) is 6.21. The zero-order chi connectivity index (χ0) is 24.3. The van der Waals surface area contributed by atoms with Crippen LogP contribution in [-0.2, 0) is 12.7 Å². The monoisotopic (exact) mass is 469 g/mol. The Morgan fingerprint density at radius 3 is 2.53 bits per heavy atom. The lowest BCUT2D eigenvalue weighted by molar-refractivity contribution is -0.136. The summed E-state index contributed by atoms with van der Waals surface area (Å²) in [6.45, 7) is 0.0118. The molecule has 11 heteroatoms. The molecule has 0 radical (unpaired) electrons. The van der Waals surface area contributed by atoms with Gasteiger partial charge in [0.05, 0.1) is 22.2 Å². The van der Waals surface area contributed by atoms with Crippen molar-refractivity contribution in [1.82, 2.24) is 10.5 Å². The highest BCUT2D eigenvalue weighted by Gasteiger charge is 2.33. The number of halogens is 3. The molecule has 0 unspecified atom stereocenters. The molecule has 0 aliphatic rings. The minimum absolute atomic E-state index is 0.0118. The van der Waals surface area contributed by atoms with Gasteiger partial charge in [-0.3, -0.25) is 4.79 Å². The number of aromatic nitrogens is 1. The number of amides is 3. The quantitative estimate of drug-likeness (QED) is 0.328. The van der Waals surface area contributed by atoms with Gasteiger partial charge in [0.15, 0.2) is 11.4 Å². The van der Waals surface area contributed by atoms with E-state index in [0.29, 0.717) is 22.2 Å². The van der Waals surface area contributed by atoms with Crippen molar-refractivity contribution in [2.24, 2.45) is 0 Å². The molecule has 174 valence electrons. The Morgan fingerprint density at radius 2 is 1.74 bits per heavy atom. The fourth-order valence-electron chi connectivity index (χ4n) is 3.35. The summed E-state index contributed by atoms with van der Waals surface area (Å²) in [7, 11) is 0. The van der Waals surface area contributed by atoms with E-state index in [2.05, 4.69) is 21.1 Å². The third kappa shape index (κ3) is 4.93. The number of carbonyl (C=O) groups is 2. The Hall–Kier alpha value is -4.54. The van der Waals surface area contributed by atoms with Gasteiger partial charge in [-0.2, -0.15) is 13.2 Å². The Kier molecular flexibility index (Phi) is 6.09. The number of nitrogens with one attached hydrogen (secondary N) is 3. The van der Waals surface area contributed by atoms with E-state index in [4.69, 9.17) is 10.3 Å². The van der Waals surface area contributed by atoms with Crippen molar-refractivity contribution in [3.8, 4) is 0 Å². The molecule has 0 saturated heterocycles. The van der Waals surface area contributed by atoms with E-state index in [-0.39, 0.29) is 23.6 Å². The van der Waals surface area contributed by atoms with Crippen molar-refractivity contribution in [3.63, 3.8) is 0 Å². The molecule has 0 fully saturated rings. The summed E-state index contributed by atoms with van der Waals surface area (Å²) in [5.74, 6) is -0.344. The summed E-state index contributed by atoms with van der Waals surface area (Å²) >= 11 is 0. The van der Waals surface area contributed by atoms with Crippen molar-refractivity contribution in [2.75, 3.05) is 16.4 Å². The first-order valence-electron chi connectivity index (χ1n) is 9.97. The molecule has 3 aromatic carbocycles. The van der Waals surface area contributed by atoms with Gasteiger partial charge >= 0.3 is 12.2 Å². The molecular weight excluding hydrogens is 451 g/mol. The van der Waals surface area contributed by atoms with Gasteiger partial charge in [0, 0.05) is 12.2 Å². The molecule has 0 aliphatic carbocycles. The first kappa shape index (κ1) is 22.6. The van der Waals surface area contributed by atoms with Crippen molar-refractivity contribution < 1.29 is 27.3 Å².